The molecule has 2 aliphatic heterocycles. The zero-order valence-corrected chi connectivity index (χ0v) is 21.5. The maximum absolute atomic E-state index is 15.0. The van der Waals surface area contributed by atoms with E-state index in [1.54, 1.807) is 0 Å². The number of carbonyl (C=O) groups is 1. The Balaban J connectivity index is 1.34. The van der Waals surface area contributed by atoms with Crippen LogP contribution in [0.25, 0.3) is 0 Å². The number of nitrogens with zero attached hydrogens (tertiary/aromatic N) is 4. The number of urea groups is 1. The average molecular weight is 516 g/mol. The summed E-state index contributed by atoms with van der Waals surface area (Å²) < 4.78 is 49.2. The predicted octanol–water partition coefficient (Wildman–Crippen LogP) is 4.07. The molecule has 36 heavy (non-hydrogen) atoms. The van der Waals surface area contributed by atoms with Crippen LogP contribution in [0.4, 0.5) is 18.0 Å². The van der Waals surface area contributed by atoms with Gasteiger partial charge in [0.05, 0.1) is 12.2 Å². The van der Waals surface area contributed by atoms with E-state index in [9.17, 15) is 23.2 Å². The third-order valence-corrected chi connectivity index (χ3v) is 8.31. The molecule has 0 aromatic carbocycles. The second-order valence-electron chi connectivity index (χ2n) is 11.4. The number of alkyl halides is 3. The Labute approximate surface area is 211 Å². The Hall–Kier alpha value is -1.88. The number of likely N-dealkylation sites (tertiary alicyclic amines) is 2. The lowest BCUT2D eigenvalue weighted by Gasteiger charge is -2.42. The number of oxime groups is 1. The lowest BCUT2D eigenvalue weighted by atomic mass is 9.79. The highest BCUT2D eigenvalue weighted by molar-refractivity contribution is 5.94. The van der Waals surface area contributed by atoms with Crippen LogP contribution < -0.4 is 5.32 Å². The summed E-state index contributed by atoms with van der Waals surface area (Å²) in [7, 11) is 0. The van der Waals surface area contributed by atoms with Gasteiger partial charge in [0.15, 0.2) is 5.84 Å². The van der Waals surface area contributed by atoms with Gasteiger partial charge in [-0.05, 0) is 52.4 Å². The van der Waals surface area contributed by atoms with Crippen molar-refractivity contribution in [3.8, 4) is 0 Å². The third-order valence-electron chi connectivity index (χ3n) is 8.31. The van der Waals surface area contributed by atoms with Crippen LogP contribution in [0.2, 0.25) is 0 Å². The third kappa shape index (κ3) is 6.15. The van der Waals surface area contributed by atoms with Crippen LogP contribution in [0.5, 0.6) is 0 Å². The molecule has 0 bridgehead atoms. The van der Waals surface area contributed by atoms with Crippen molar-refractivity contribution in [3.63, 3.8) is 0 Å². The van der Waals surface area contributed by atoms with Gasteiger partial charge in [-0.25, -0.2) is 23.0 Å². The zero-order chi connectivity index (χ0) is 26.1. The van der Waals surface area contributed by atoms with Crippen molar-refractivity contribution in [1.29, 1.82) is 0 Å². The Kier molecular flexibility index (Phi) is 8.19. The van der Waals surface area contributed by atoms with Crippen LogP contribution in [0.15, 0.2) is 10.1 Å². The molecule has 0 spiro atoms. The van der Waals surface area contributed by atoms with Gasteiger partial charge in [0, 0.05) is 56.2 Å². The van der Waals surface area contributed by atoms with Crippen molar-refractivity contribution in [2.75, 3.05) is 26.2 Å². The van der Waals surface area contributed by atoms with Gasteiger partial charge in [-0.1, -0.05) is 12.1 Å². The van der Waals surface area contributed by atoms with E-state index in [-0.39, 0.29) is 24.3 Å². The van der Waals surface area contributed by atoms with Crippen molar-refractivity contribution in [2.45, 2.75) is 102 Å². The number of halogens is 3. The minimum Gasteiger partial charge on any atom is -0.409 e. The molecule has 11 heteroatoms. The van der Waals surface area contributed by atoms with E-state index in [0.717, 1.165) is 19.5 Å². The first kappa shape index (κ1) is 27.2. The number of rotatable bonds is 6. The topological polar surface area (TPSA) is 89.8 Å². The lowest BCUT2D eigenvalue weighted by molar-refractivity contribution is -0.138. The SMILES string of the molecule is CC(C)N1CC[C@@H](O[C@H]2CCCC(F)(F)[C@@H]2NC(=O)N2CCC(C)(/C(N=C[C@@H]3C[C@@H]3F)=N/O)CC2)C1. The van der Waals surface area contributed by atoms with Gasteiger partial charge in [-0.2, -0.15) is 0 Å². The van der Waals surface area contributed by atoms with Gasteiger partial charge < -0.3 is 20.2 Å². The first-order chi connectivity index (χ1) is 17.0. The molecular weight excluding hydrogens is 475 g/mol. The van der Waals surface area contributed by atoms with E-state index in [0.29, 0.717) is 51.2 Å². The fourth-order valence-corrected chi connectivity index (χ4v) is 5.52. The average Bonchev–Trinajstić information content (AvgIpc) is 3.32. The molecule has 0 unspecified atom stereocenters. The number of hydrogen-bond acceptors (Lipinski definition) is 5. The van der Waals surface area contributed by atoms with Crippen molar-refractivity contribution in [1.82, 2.24) is 15.1 Å². The van der Waals surface area contributed by atoms with E-state index >= 15 is 0 Å². The lowest BCUT2D eigenvalue weighted by Crippen LogP contribution is -2.61. The maximum Gasteiger partial charge on any atom is 0.317 e. The number of amides is 2. The fourth-order valence-electron chi connectivity index (χ4n) is 5.52. The highest BCUT2D eigenvalue weighted by atomic mass is 19.3. The summed E-state index contributed by atoms with van der Waals surface area (Å²) in [5, 5.41) is 15.4. The second-order valence-corrected chi connectivity index (χ2v) is 11.4. The molecule has 2 aliphatic carbocycles. The number of ether oxygens (including phenoxy) is 1. The number of nitrogens with one attached hydrogen (secondary N) is 1. The van der Waals surface area contributed by atoms with Gasteiger partial charge in [-0.3, -0.25) is 4.90 Å². The van der Waals surface area contributed by atoms with Crippen LogP contribution in [0.3, 0.4) is 0 Å². The smallest absolute Gasteiger partial charge is 0.317 e. The van der Waals surface area contributed by atoms with Gasteiger partial charge in [0.2, 0.25) is 0 Å². The minimum absolute atomic E-state index is 0.110. The monoisotopic (exact) mass is 515 g/mol. The second kappa shape index (κ2) is 10.8. The molecule has 0 radical (unpaired) electrons. The summed E-state index contributed by atoms with van der Waals surface area (Å²) in [5.74, 6) is -3.07. The molecule has 4 fully saturated rings. The van der Waals surface area contributed by atoms with Crippen molar-refractivity contribution in [2.24, 2.45) is 21.5 Å². The maximum atomic E-state index is 15.0. The summed E-state index contributed by atoms with van der Waals surface area (Å²) in [6.07, 6.45) is 2.48. The van der Waals surface area contributed by atoms with Crippen molar-refractivity contribution < 1.29 is 27.9 Å². The van der Waals surface area contributed by atoms with Crippen molar-refractivity contribution in [3.05, 3.63) is 0 Å². The summed E-state index contributed by atoms with van der Waals surface area (Å²) >= 11 is 0. The Bertz CT molecular complexity index is 847. The molecule has 2 heterocycles. The molecule has 2 N–H and O–H groups in total. The van der Waals surface area contributed by atoms with E-state index in [2.05, 4.69) is 34.2 Å². The molecular formula is C25H40F3N5O3. The fraction of sp³-hybridized carbons (Fsp3) is 0.880. The quantitative estimate of drug-likeness (QED) is 0.242. The van der Waals surface area contributed by atoms with Crippen LogP contribution in [0.1, 0.15) is 65.7 Å². The molecule has 4 rings (SSSR count). The Morgan fingerprint density at radius 3 is 2.47 bits per heavy atom. The molecule has 5 atom stereocenters. The largest absolute Gasteiger partial charge is 0.409 e. The molecule has 8 nitrogen and oxygen atoms in total. The van der Waals surface area contributed by atoms with Gasteiger partial charge in [0.1, 0.15) is 12.2 Å². The zero-order valence-electron chi connectivity index (χ0n) is 21.5. The molecule has 4 aliphatic rings. The number of carbonyl (C=O) groups excluding carboxylic acids is 1. The Morgan fingerprint density at radius 2 is 1.89 bits per heavy atom. The van der Waals surface area contributed by atoms with E-state index < -0.39 is 35.7 Å². The van der Waals surface area contributed by atoms with Crippen LogP contribution in [-0.4, -0.2) is 95.7 Å². The van der Waals surface area contributed by atoms with Gasteiger partial charge >= 0.3 is 6.03 Å². The molecule has 204 valence electrons. The predicted molar refractivity (Wildman–Crippen MR) is 131 cm³/mol. The molecule has 2 amide bonds. The number of aliphatic imine (C=N–C) groups is 1. The number of amidine groups is 1. The summed E-state index contributed by atoms with van der Waals surface area (Å²) in [6, 6.07) is -1.52. The summed E-state index contributed by atoms with van der Waals surface area (Å²) in [5.41, 5.74) is -0.589. The molecule has 2 saturated carbocycles. The first-order valence-electron chi connectivity index (χ1n) is 13.3. The van der Waals surface area contributed by atoms with E-state index in [4.69, 9.17) is 4.74 Å². The first-order valence-corrected chi connectivity index (χ1v) is 13.3. The van der Waals surface area contributed by atoms with E-state index in [1.807, 2.05) is 6.92 Å². The van der Waals surface area contributed by atoms with Crippen LogP contribution in [-0.2, 0) is 4.74 Å². The molecule has 0 aromatic heterocycles. The number of piperidine rings is 1. The Morgan fingerprint density at radius 1 is 1.19 bits per heavy atom. The molecule has 0 aromatic rings. The normalized spacial score (nSPS) is 34.9. The van der Waals surface area contributed by atoms with Crippen LogP contribution in [0, 0.1) is 11.3 Å². The van der Waals surface area contributed by atoms with Crippen LogP contribution >= 0.6 is 0 Å². The molecule has 2 saturated heterocycles. The summed E-state index contributed by atoms with van der Waals surface area (Å²) in [4.78, 5) is 21.1. The standard InChI is InChI=1S/C25H40F3N5O3/c1-16(2)33-10-6-18(15-33)36-20-5-4-7-25(27,28)21(20)30-23(34)32-11-8-24(3,9-12-32)22(31-35)29-14-17-13-19(17)26/h14,16-21,35H,4-13,15H2,1-3H3,(H,30,34)/b29-14?,31-22-/t17-,18+,19-,20-,21+/m0/s1. The van der Waals surface area contributed by atoms with E-state index in [1.165, 1.54) is 11.1 Å². The highest BCUT2D eigenvalue weighted by Gasteiger charge is 2.50. The van der Waals surface area contributed by atoms with Crippen molar-refractivity contribution >= 4 is 18.1 Å². The minimum atomic E-state index is -3.04. The van der Waals surface area contributed by atoms with Gasteiger partial charge in [-0.15, -0.1) is 0 Å². The highest BCUT2D eigenvalue weighted by Crippen LogP contribution is 2.38. The summed E-state index contributed by atoms with van der Waals surface area (Å²) in [6.45, 7) is 8.32. The number of hydrogen-bond donors (Lipinski definition) is 2. The van der Waals surface area contributed by atoms with Gasteiger partial charge in [0.25, 0.3) is 5.92 Å².